The van der Waals surface area contributed by atoms with Crippen LogP contribution in [-0.4, -0.2) is 19.5 Å². The molecule has 1 aromatic rings. The smallest absolute Gasteiger partial charge is 0.302 e. The van der Waals surface area contributed by atoms with Crippen molar-refractivity contribution in [3.05, 3.63) is 35.4 Å². The first-order valence-corrected chi connectivity index (χ1v) is 8.09. The van der Waals surface area contributed by atoms with Crippen molar-refractivity contribution in [1.29, 1.82) is 0 Å². The molecular formula is C15H22O4S. The van der Waals surface area contributed by atoms with Crippen LogP contribution in [0.25, 0.3) is 0 Å². The van der Waals surface area contributed by atoms with Gasteiger partial charge in [0.25, 0.3) is 0 Å². The molecule has 2 unspecified atom stereocenters. The van der Waals surface area contributed by atoms with Gasteiger partial charge in [-0.1, -0.05) is 49.1 Å². The Bertz CT molecular complexity index is 451. The van der Waals surface area contributed by atoms with Gasteiger partial charge in [-0.05, 0) is 25.3 Å². The van der Waals surface area contributed by atoms with E-state index in [0.29, 0.717) is 6.42 Å². The number of benzene rings is 1. The second-order valence-corrected chi connectivity index (χ2v) is 6.33. The standard InChI is InChI=1S/C15H22O4S/c1-12-5-7-13(8-6-12)14(19-20(17)18)11-15(16)9-3-2-4-10-15/h5-8,14,16H,2-4,9-11H2,1H3,(H,17,18). The van der Waals surface area contributed by atoms with Gasteiger partial charge in [0, 0.05) is 6.42 Å². The monoisotopic (exact) mass is 298 g/mol. The van der Waals surface area contributed by atoms with Crippen molar-refractivity contribution in [2.75, 3.05) is 0 Å². The second-order valence-electron chi connectivity index (χ2n) is 5.70. The molecule has 1 aromatic carbocycles. The van der Waals surface area contributed by atoms with E-state index in [1.54, 1.807) is 0 Å². The third-order valence-electron chi connectivity index (χ3n) is 4.00. The molecule has 5 heteroatoms. The number of hydrogen-bond donors (Lipinski definition) is 2. The van der Waals surface area contributed by atoms with Crippen LogP contribution in [0.5, 0.6) is 0 Å². The maximum absolute atomic E-state index is 11.0. The van der Waals surface area contributed by atoms with Crippen LogP contribution in [-0.2, 0) is 15.5 Å². The third-order valence-corrected chi connectivity index (χ3v) is 4.39. The predicted molar refractivity (Wildman–Crippen MR) is 78.4 cm³/mol. The first-order chi connectivity index (χ1) is 9.48. The summed E-state index contributed by atoms with van der Waals surface area (Å²) in [6.07, 6.45) is 4.42. The average molecular weight is 298 g/mol. The van der Waals surface area contributed by atoms with Crippen LogP contribution in [0.4, 0.5) is 0 Å². The SMILES string of the molecule is Cc1ccc(C(CC2(O)CCCCC2)OS(=O)O)cc1. The van der Waals surface area contributed by atoms with Crippen molar-refractivity contribution >= 4 is 11.4 Å². The lowest BCUT2D eigenvalue weighted by Gasteiger charge is -2.34. The van der Waals surface area contributed by atoms with Crippen LogP contribution in [0.2, 0.25) is 0 Å². The van der Waals surface area contributed by atoms with Gasteiger partial charge in [0.1, 0.15) is 6.10 Å². The lowest BCUT2D eigenvalue weighted by Crippen LogP contribution is -2.34. The van der Waals surface area contributed by atoms with E-state index in [0.717, 1.165) is 43.2 Å². The average Bonchev–Trinajstić information content (AvgIpc) is 2.39. The Hall–Kier alpha value is -0.750. The Morgan fingerprint density at radius 1 is 1.25 bits per heavy atom. The van der Waals surface area contributed by atoms with Gasteiger partial charge < -0.3 is 5.11 Å². The van der Waals surface area contributed by atoms with Gasteiger partial charge in [0.15, 0.2) is 0 Å². The first-order valence-electron chi connectivity index (χ1n) is 7.05. The van der Waals surface area contributed by atoms with Crippen LogP contribution in [0.3, 0.4) is 0 Å². The lowest BCUT2D eigenvalue weighted by atomic mass is 9.80. The Balaban J connectivity index is 2.14. The summed E-state index contributed by atoms with van der Waals surface area (Å²) in [6, 6.07) is 7.66. The molecule has 0 bridgehead atoms. The summed E-state index contributed by atoms with van der Waals surface area (Å²) in [5.74, 6) is 0. The molecule has 0 amide bonds. The molecule has 0 aliphatic heterocycles. The van der Waals surface area contributed by atoms with Crippen LogP contribution in [0.1, 0.15) is 55.8 Å². The highest BCUT2D eigenvalue weighted by Gasteiger charge is 2.33. The van der Waals surface area contributed by atoms with Crippen LogP contribution >= 0.6 is 0 Å². The second kappa shape index (κ2) is 6.80. The quantitative estimate of drug-likeness (QED) is 0.819. The number of hydrogen-bond acceptors (Lipinski definition) is 3. The molecular weight excluding hydrogens is 276 g/mol. The van der Waals surface area contributed by atoms with Crippen LogP contribution in [0, 0.1) is 6.92 Å². The van der Waals surface area contributed by atoms with E-state index in [1.165, 1.54) is 0 Å². The van der Waals surface area contributed by atoms with E-state index in [-0.39, 0.29) is 0 Å². The fraction of sp³-hybridized carbons (Fsp3) is 0.600. The summed E-state index contributed by atoms with van der Waals surface area (Å²) in [6.45, 7) is 1.98. The molecule has 2 atom stereocenters. The molecule has 2 rings (SSSR count). The lowest BCUT2D eigenvalue weighted by molar-refractivity contribution is -0.0319. The van der Waals surface area contributed by atoms with Crippen molar-refractivity contribution in [2.24, 2.45) is 0 Å². The van der Waals surface area contributed by atoms with Gasteiger partial charge in [-0.15, -0.1) is 0 Å². The van der Waals surface area contributed by atoms with E-state index in [9.17, 15) is 9.32 Å². The number of rotatable bonds is 5. The minimum absolute atomic E-state index is 0.363. The molecule has 20 heavy (non-hydrogen) atoms. The van der Waals surface area contributed by atoms with Crippen molar-refractivity contribution < 1.29 is 18.1 Å². The van der Waals surface area contributed by atoms with Gasteiger partial charge in [0.05, 0.1) is 5.60 Å². The van der Waals surface area contributed by atoms with E-state index in [2.05, 4.69) is 0 Å². The van der Waals surface area contributed by atoms with Crippen molar-refractivity contribution in [3.63, 3.8) is 0 Å². The Morgan fingerprint density at radius 2 is 1.85 bits per heavy atom. The molecule has 1 aliphatic rings. The predicted octanol–water partition coefficient (Wildman–Crippen LogP) is 3.27. The van der Waals surface area contributed by atoms with Crippen LogP contribution in [0.15, 0.2) is 24.3 Å². The van der Waals surface area contributed by atoms with E-state index < -0.39 is 23.1 Å². The highest BCUT2D eigenvalue weighted by atomic mass is 32.2. The van der Waals surface area contributed by atoms with E-state index in [1.807, 2.05) is 31.2 Å². The molecule has 0 radical (unpaired) electrons. The number of aliphatic hydroxyl groups is 1. The highest BCUT2D eigenvalue weighted by Crippen LogP contribution is 2.37. The zero-order chi connectivity index (χ0) is 14.6. The molecule has 0 spiro atoms. The molecule has 0 aromatic heterocycles. The highest BCUT2D eigenvalue weighted by molar-refractivity contribution is 7.74. The zero-order valence-corrected chi connectivity index (χ0v) is 12.6. The fourth-order valence-electron chi connectivity index (χ4n) is 2.85. The minimum atomic E-state index is -2.34. The van der Waals surface area contributed by atoms with Gasteiger partial charge in [-0.3, -0.25) is 8.74 Å². The van der Waals surface area contributed by atoms with E-state index in [4.69, 9.17) is 8.74 Å². The molecule has 2 N–H and O–H groups in total. The Labute approximate surface area is 122 Å². The summed E-state index contributed by atoms with van der Waals surface area (Å²) in [7, 11) is 0. The van der Waals surface area contributed by atoms with Gasteiger partial charge in [0.2, 0.25) is 0 Å². The fourth-order valence-corrected chi connectivity index (χ4v) is 3.22. The Morgan fingerprint density at radius 3 is 2.40 bits per heavy atom. The maximum atomic E-state index is 11.0. The molecule has 1 saturated carbocycles. The molecule has 0 heterocycles. The summed E-state index contributed by atoms with van der Waals surface area (Å²) >= 11 is -2.34. The maximum Gasteiger partial charge on any atom is 0.302 e. The number of aryl methyl sites for hydroxylation is 1. The largest absolute Gasteiger partial charge is 0.390 e. The van der Waals surface area contributed by atoms with Crippen molar-refractivity contribution in [2.45, 2.75) is 57.2 Å². The summed E-state index contributed by atoms with van der Waals surface area (Å²) in [5.41, 5.74) is 1.17. The molecule has 0 saturated heterocycles. The summed E-state index contributed by atoms with van der Waals surface area (Å²) in [4.78, 5) is 0. The molecule has 1 fully saturated rings. The van der Waals surface area contributed by atoms with Crippen LogP contribution < -0.4 is 0 Å². The minimum Gasteiger partial charge on any atom is -0.390 e. The van der Waals surface area contributed by atoms with Crippen molar-refractivity contribution in [3.8, 4) is 0 Å². The molecule has 112 valence electrons. The summed E-state index contributed by atoms with van der Waals surface area (Å²) < 4.78 is 25.1. The summed E-state index contributed by atoms with van der Waals surface area (Å²) in [5, 5.41) is 10.6. The van der Waals surface area contributed by atoms with Gasteiger partial charge >= 0.3 is 11.4 Å². The van der Waals surface area contributed by atoms with Gasteiger partial charge in [-0.2, -0.15) is 4.21 Å². The van der Waals surface area contributed by atoms with E-state index >= 15 is 0 Å². The van der Waals surface area contributed by atoms with Gasteiger partial charge in [-0.25, -0.2) is 0 Å². The zero-order valence-electron chi connectivity index (χ0n) is 11.7. The Kier molecular flexibility index (Phi) is 5.32. The third kappa shape index (κ3) is 4.38. The normalized spacial score (nSPS) is 21.4. The molecule has 1 aliphatic carbocycles. The van der Waals surface area contributed by atoms with Crippen molar-refractivity contribution in [1.82, 2.24) is 0 Å². The molecule has 4 nitrogen and oxygen atoms in total. The topological polar surface area (TPSA) is 66.8 Å². The first kappa shape index (κ1) is 15.6.